The van der Waals surface area contributed by atoms with E-state index in [1.165, 1.54) is 0 Å². The van der Waals surface area contributed by atoms with Crippen molar-refractivity contribution in [2.24, 2.45) is 0 Å². The first-order valence-electron chi connectivity index (χ1n) is 7.36. The van der Waals surface area contributed by atoms with Gasteiger partial charge in [0.15, 0.2) is 6.61 Å². The van der Waals surface area contributed by atoms with Crippen molar-refractivity contribution in [1.82, 2.24) is 5.32 Å². The van der Waals surface area contributed by atoms with Crippen LogP contribution in [0.4, 0.5) is 0 Å². The Kier molecular flexibility index (Phi) is 8.36. The first-order valence-corrected chi connectivity index (χ1v) is 7.74. The van der Waals surface area contributed by atoms with Gasteiger partial charge in [0.2, 0.25) is 0 Å². The molecule has 0 aliphatic heterocycles. The molecule has 0 atom stereocenters. The minimum atomic E-state index is -0.761. The van der Waals surface area contributed by atoms with Gasteiger partial charge in [0, 0.05) is 18.0 Å². The average molecular weight is 328 g/mol. The van der Waals surface area contributed by atoms with Crippen LogP contribution in [-0.4, -0.2) is 30.1 Å². The van der Waals surface area contributed by atoms with Gasteiger partial charge in [-0.1, -0.05) is 24.4 Å². The zero-order chi connectivity index (χ0) is 16.4. The smallest absolute Gasteiger partial charge is 0.303 e. The number of hydrogen-bond acceptors (Lipinski definition) is 3. The number of ether oxygens (including phenoxy) is 1. The van der Waals surface area contributed by atoms with Gasteiger partial charge >= 0.3 is 5.97 Å². The van der Waals surface area contributed by atoms with Crippen molar-refractivity contribution in [2.45, 2.75) is 39.0 Å². The molecule has 1 rings (SSSR count). The molecule has 2 N–H and O–H groups in total. The fraction of sp³-hybridized carbons (Fsp3) is 0.500. The molecule has 5 nitrogen and oxygen atoms in total. The second-order valence-electron chi connectivity index (χ2n) is 5.11. The summed E-state index contributed by atoms with van der Waals surface area (Å²) in [5, 5.41) is 11.9. The third-order valence-electron chi connectivity index (χ3n) is 3.14. The van der Waals surface area contributed by atoms with E-state index in [9.17, 15) is 9.59 Å². The molecule has 0 aromatic heterocycles. The normalized spacial score (nSPS) is 10.3. The number of amides is 1. The summed E-state index contributed by atoms with van der Waals surface area (Å²) in [5.74, 6) is -0.281. The van der Waals surface area contributed by atoms with Crippen molar-refractivity contribution in [3.63, 3.8) is 0 Å². The summed E-state index contributed by atoms with van der Waals surface area (Å²) in [7, 11) is 0. The first-order chi connectivity index (χ1) is 10.5. The Morgan fingerprint density at radius 2 is 1.95 bits per heavy atom. The van der Waals surface area contributed by atoms with E-state index in [0.717, 1.165) is 24.8 Å². The molecule has 0 spiro atoms. The Morgan fingerprint density at radius 1 is 1.23 bits per heavy atom. The van der Waals surface area contributed by atoms with Crippen LogP contribution in [0.2, 0.25) is 5.02 Å². The van der Waals surface area contributed by atoms with Gasteiger partial charge < -0.3 is 15.2 Å². The van der Waals surface area contributed by atoms with Gasteiger partial charge in [0.05, 0.1) is 0 Å². The molecular weight excluding hydrogens is 306 g/mol. The zero-order valence-electron chi connectivity index (χ0n) is 12.7. The number of halogens is 1. The van der Waals surface area contributed by atoms with E-state index in [1.807, 2.05) is 6.92 Å². The summed E-state index contributed by atoms with van der Waals surface area (Å²) in [6, 6.07) is 5.25. The van der Waals surface area contributed by atoms with E-state index in [2.05, 4.69) is 5.32 Å². The van der Waals surface area contributed by atoms with E-state index in [1.54, 1.807) is 18.2 Å². The maximum atomic E-state index is 11.6. The molecule has 0 saturated carbocycles. The fourth-order valence-electron chi connectivity index (χ4n) is 1.95. The van der Waals surface area contributed by atoms with E-state index in [4.69, 9.17) is 21.4 Å². The highest BCUT2D eigenvalue weighted by atomic mass is 35.5. The van der Waals surface area contributed by atoms with Crippen molar-refractivity contribution in [3.05, 3.63) is 28.8 Å². The predicted molar refractivity (Wildman–Crippen MR) is 85.4 cm³/mol. The fourth-order valence-corrected chi connectivity index (χ4v) is 2.18. The Labute approximate surface area is 135 Å². The van der Waals surface area contributed by atoms with E-state index >= 15 is 0 Å². The monoisotopic (exact) mass is 327 g/mol. The molecular formula is C16H22ClNO4. The molecule has 0 heterocycles. The van der Waals surface area contributed by atoms with Gasteiger partial charge in [-0.25, -0.2) is 0 Å². The summed E-state index contributed by atoms with van der Waals surface area (Å²) >= 11 is 5.85. The third-order valence-corrected chi connectivity index (χ3v) is 3.37. The topological polar surface area (TPSA) is 75.6 Å². The first kappa shape index (κ1) is 18.3. The molecule has 122 valence electrons. The van der Waals surface area contributed by atoms with Crippen LogP contribution in [0.5, 0.6) is 5.75 Å². The van der Waals surface area contributed by atoms with Gasteiger partial charge in [-0.3, -0.25) is 9.59 Å². The number of aliphatic carboxylic acids is 1. The minimum absolute atomic E-state index is 0.0263. The average Bonchev–Trinajstić information content (AvgIpc) is 2.45. The molecule has 0 fully saturated rings. The summed E-state index contributed by atoms with van der Waals surface area (Å²) < 4.78 is 5.44. The van der Waals surface area contributed by atoms with Gasteiger partial charge in [-0.05, 0) is 43.5 Å². The molecule has 1 aromatic carbocycles. The number of carbonyl (C=O) groups excluding carboxylic acids is 1. The Morgan fingerprint density at radius 3 is 2.64 bits per heavy atom. The van der Waals surface area contributed by atoms with Crippen LogP contribution in [-0.2, 0) is 9.59 Å². The van der Waals surface area contributed by atoms with E-state index in [0.29, 0.717) is 23.7 Å². The van der Waals surface area contributed by atoms with Gasteiger partial charge in [0.1, 0.15) is 5.75 Å². The number of benzene rings is 1. The Balaban J connectivity index is 2.10. The Hall–Kier alpha value is -1.75. The van der Waals surface area contributed by atoms with Crippen molar-refractivity contribution < 1.29 is 19.4 Å². The minimum Gasteiger partial charge on any atom is -0.484 e. The van der Waals surface area contributed by atoms with Crippen LogP contribution in [0, 0.1) is 6.92 Å². The van der Waals surface area contributed by atoms with Crippen LogP contribution < -0.4 is 10.1 Å². The number of carbonyl (C=O) groups is 2. The molecule has 0 radical (unpaired) electrons. The number of carboxylic acid groups (broad SMARTS) is 1. The molecule has 1 aromatic rings. The number of rotatable bonds is 10. The van der Waals surface area contributed by atoms with Gasteiger partial charge in [-0.15, -0.1) is 0 Å². The van der Waals surface area contributed by atoms with Crippen LogP contribution in [0.15, 0.2) is 18.2 Å². The zero-order valence-corrected chi connectivity index (χ0v) is 13.5. The Bertz CT molecular complexity index is 505. The van der Waals surface area contributed by atoms with Crippen molar-refractivity contribution >= 4 is 23.5 Å². The standard InChI is InChI=1S/C16H22ClNO4/c1-12-10-13(17)7-8-14(12)22-11-15(19)18-9-5-3-2-4-6-16(20)21/h7-8,10H,2-6,9,11H2,1H3,(H,18,19)(H,20,21). The molecule has 0 saturated heterocycles. The van der Waals surface area contributed by atoms with Crippen LogP contribution in [0.1, 0.15) is 37.7 Å². The molecule has 1 amide bonds. The second kappa shape index (κ2) is 10.1. The van der Waals surface area contributed by atoms with Crippen molar-refractivity contribution in [3.8, 4) is 5.75 Å². The third kappa shape index (κ3) is 7.88. The lowest BCUT2D eigenvalue weighted by molar-refractivity contribution is -0.137. The van der Waals surface area contributed by atoms with Crippen LogP contribution >= 0.6 is 11.6 Å². The summed E-state index contributed by atoms with van der Waals surface area (Å²) in [6.07, 6.45) is 3.50. The van der Waals surface area contributed by atoms with Crippen LogP contribution in [0.25, 0.3) is 0 Å². The molecule has 6 heteroatoms. The molecule has 0 bridgehead atoms. The maximum Gasteiger partial charge on any atom is 0.303 e. The second-order valence-corrected chi connectivity index (χ2v) is 5.54. The van der Waals surface area contributed by atoms with Gasteiger partial charge in [-0.2, -0.15) is 0 Å². The van der Waals surface area contributed by atoms with E-state index < -0.39 is 5.97 Å². The SMILES string of the molecule is Cc1cc(Cl)ccc1OCC(=O)NCCCCCCC(=O)O. The number of unbranched alkanes of at least 4 members (excludes halogenated alkanes) is 3. The van der Waals surface area contributed by atoms with E-state index in [-0.39, 0.29) is 18.9 Å². The number of carboxylic acids is 1. The quantitative estimate of drug-likeness (QED) is 0.647. The molecule has 0 aliphatic carbocycles. The number of hydrogen-bond donors (Lipinski definition) is 2. The number of nitrogens with one attached hydrogen (secondary N) is 1. The van der Waals surface area contributed by atoms with Crippen molar-refractivity contribution in [2.75, 3.05) is 13.2 Å². The lowest BCUT2D eigenvalue weighted by atomic mass is 10.1. The molecule has 0 aliphatic rings. The highest BCUT2D eigenvalue weighted by Gasteiger charge is 2.05. The maximum absolute atomic E-state index is 11.6. The highest BCUT2D eigenvalue weighted by Crippen LogP contribution is 2.21. The predicted octanol–water partition coefficient (Wildman–Crippen LogP) is 3.18. The van der Waals surface area contributed by atoms with Crippen LogP contribution in [0.3, 0.4) is 0 Å². The lowest BCUT2D eigenvalue weighted by Crippen LogP contribution is -2.29. The number of aryl methyl sites for hydroxylation is 1. The summed E-state index contributed by atoms with van der Waals surface area (Å²) in [6.45, 7) is 2.42. The molecule has 22 heavy (non-hydrogen) atoms. The van der Waals surface area contributed by atoms with Gasteiger partial charge in [0.25, 0.3) is 5.91 Å². The molecule has 0 unspecified atom stereocenters. The lowest BCUT2D eigenvalue weighted by Gasteiger charge is -2.09. The summed E-state index contributed by atoms with van der Waals surface area (Å²) in [4.78, 5) is 22.0. The largest absolute Gasteiger partial charge is 0.484 e. The highest BCUT2D eigenvalue weighted by molar-refractivity contribution is 6.30. The summed E-state index contributed by atoms with van der Waals surface area (Å²) in [5.41, 5.74) is 0.888. The van der Waals surface area contributed by atoms with Crippen molar-refractivity contribution in [1.29, 1.82) is 0 Å².